The van der Waals surface area contributed by atoms with Crippen LogP contribution in [0.15, 0.2) is 41.0 Å². The summed E-state index contributed by atoms with van der Waals surface area (Å²) in [6.07, 6.45) is 1.71. The fraction of sp³-hybridized carbons (Fsp3) is 0.294. The number of benzene rings is 1. The molecule has 24 heavy (non-hydrogen) atoms. The largest absolute Gasteiger partial charge is 0.459 e. The van der Waals surface area contributed by atoms with Crippen molar-refractivity contribution in [1.82, 2.24) is 10.6 Å². The molecule has 0 spiro atoms. The number of rotatable bonds is 6. The number of carbonyl (C=O) groups is 2. The first-order chi connectivity index (χ1) is 11.4. The molecular weight excluding hydrogens is 318 g/mol. The Balaban J connectivity index is 2.03. The monoisotopic (exact) mass is 336 g/mol. The average Bonchev–Trinajstić information content (AvgIpc) is 3.09. The van der Waals surface area contributed by atoms with Crippen LogP contribution in [0.4, 0.5) is 8.78 Å². The van der Waals surface area contributed by atoms with Crippen molar-refractivity contribution in [2.45, 2.75) is 32.4 Å². The predicted molar refractivity (Wildman–Crippen MR) is 83.2 cm³/mol. The van der Waals surface area contributed by atoms with Crippen LogP contribution >= 0.6 is 0 Å². The molecule has 0 fully saturated rings. The molecule has 1 heterocycles. The first kappa shape index (κ1) is 17.7. The van der Waals surface area contributed by atoms with Gasteiger partial charge < -0.3 is 15.1 Å². The van der Waals surface area contributed by atoms with E-state index in [-0.39, 0.29) is 11.3 Å². The summed E-state index contributed by atoms with van der Waals surface area (Å²) in [5, 5.41) is 5.09. The second-order valence-electron chi connectivity index (χ2n) is 5.31. The van der Waals surface area contributed by atoms with Crippen molar-refractivity contribution in [1.29, 1.82) is 0 Å². The Bertz CT molecular complexity index is 717. The Morgan fingerprint density at radius 3 is 2.58 bits per heavy atom. The Hall–Kier alpha value is -2.70. The van der Waals surface area contributed by atoms with Gasteiger partial charge in [-0.2, -0.15) is 0 Å². The van der Waals surface area contributed by atoms with Gasteiger partial charge >= 0.3 is 0 Å². The lowest BCUT2D eigenvalue weighted by Gasteiger charge is -2.21. The van der Waals surface area contributed by atoms with Gasteiger partial charge in [0.25, 0.3) is 5.91 Å². The number of halogens is 2. The van der Waals surface area contributed by atoms with Gasteiger partial charge in [-0.15, -0.1) is 0 Å². The topological polar surface area (TPSA) is 71.3 Å². The summed E-state index contributed by atoms with van der Waals surface area (Å²) in [6.45, 7) is 3.23. The van der Waals surface area contributed by atoms with Gasteiger partial charge in [0.05, 0.1) is 12.3 Å². The van der Waals surface area contributed by atoms with Gasteiger partial charge in [-0.25, -0.2) is 8.78 Å². The quantitative estimate of drug-likeness (QED) is 0.852. The summed E-state index contributed by atoms with van der Waals surface area (Å²) in [5.74, 6) is -2.15. The van der Waals surface area contributed by atoms with Crippen LogP contribution in [0.1, 0.15) is 42.4 Å². The Morgan fingerprint density at radius 2 is 1.96 bits per heavy atom. The van der Waals surface area contributed by atoms with Crippen LogP contribution in [0, 0.1) is 11.6 Å². The van der Waals surface area contributed by atoms with Crippen LogP contribution in [0.5, 0.6) is 0 Å². The highest BCUT2D eigenvalue weighted by atomic mass is 19.1. The van der Waals surface area contributed by atoms with Crippen molar-refractivity contribution in [2.24, 2.45) is 0 Å². The minimum absolute atomic E-state index is 0.0652. The van der Waals surface area contributed by atoms with Crippen molar-refractivity contribution in [2.75, 3.05) is 0 Å². The van der Waals surface area contributed by atoms with E-state index in [0.29, 0.717) is 6.42 Å². The van der Waals surface area contributed by atoms with Crippen LogP contribution in [-0.4, -0.2) is 17.9 Å². The van der Waals surface area contributed by atoms with E-state index in [1.54, 1.807) is 13.0 Å². The predicted octanol–water partition coefficient (Wildman–Crippen LogP) is 2.94. The number of carbonyl (C=O) groups excluding carboxylic acids is 2. The number of hydrogen-bond donors (Lipinski definition) is 2. The zero-order valence-corrected chi connectivity index (χ0v) is 13.3. The second kappa shape index (κ2) is 7.72. The van der Waals surface area contributed by atoms with Gasteiger partial charge in [0.2, 0.25) is 5.91 Å². The molecule has 0 aliphatic heterocycles. The summed E-state index contributed by atoms with van der Waals surface area (Å²) >= 11 is 0. The zero-order chi connectivity index (χ0) is 17.7. The normalized spacial score (nSPS) is 13.2. The number of hydrogen-bond acceptors (Lipinski definition) is 3. The van der Waals surface area contributed by atoms with Crippen molar-refractivity contribution in [3.8, 4) is 0 Å². The van der Waals surface area contributed by atoms with Crippen LogP contribution in [0.25, 0.3) is 0 Å². The molecule has 2 amide bonds. The van der Waals surface area contributed by atoms with Gasteiger partial charge in [-0.3, -0.25) is 9.59 Å². The summed E-state index contributed by atoms with van der Waals surface area (Å²) < 4.78 is 32.1. The molecule has 0 aliphatic rings. The molecule has 2 aromatic rings. The fourth-order valence-electron chi connectivity index (χ4n) is 2.22. The number of amides is 2. The maximum atomic E-state index is 13.9. The molecule has 0 saturated carbocycles. The lowest BCUT2D eigenvalue weighted by Crippen LogP contribution is -2.45. The summed E-state index contributed by atoms with van der Waals surface area (Å²) in [4.78, 5) is 24.1. The van der Waals surface area contributed by atoms with Gasteiger partial charge in [0.1, 0.15) is 17.7 Å². The Morgan fingerprint density at radius 1 is 1.21 bits per heavy atom. The van der Waals surface area contributed by atoms with E-state index < -0.39 is 35.5 Å². The number of furan rings is 1. The molecule has 2 N–H and O–H groups in total. The second-order valence-corrected chi connectivity index (χ2v) is 5.31. The molecule has 5 nitrogen and oxygen atoms in total. The highest BCUT2D eigenvalue weighted by Crippen LogP contribution is 2.21. The van der Waals surface area contributed by atoms with Crippen LogP contribution in [0.3, 0.4) is 0 Å². The van der Waals surface area contributed by atoms with Crippen LogP contribution in [0.2, 0.25) is 0 Å². The third-order valence-corrected chi connectivity index (χ3v) is 3.54. The van der Waals surface area contributed by atoms with E-state index in [2.05, 4.69) is 10.6 Å². The van der Waals surface area contributed by atoms with Crippen molar-refractivity contribution < 1.29 is 22.8 Å². The zero-order valence-electron chi connectivity index (χ0n) is 13.3. The first-order valence-corrected chi connectivity index (χ1v) is 7.52. The minimum Gasteiger partial charge on any atom is -0.459 e. The SMILES string of the molecule is CC[C@H](NC(=O)[C@H](C)NC(=O)c1ccco1)c1cc(F)ccc1F. The molecule has 0 aliphatic carbocycles. The average molecular weight is 336 g/mol. The van der Waals surface area contributed by atoms with Crippen LogP contribution in [-0.2, 0) is 4.79 Å². The molecule has 128 valence electrons. The highest BCUT2D eigenvalue weighted by molar-refractivity contribution is 5.95. The lowest BCUT2D eigenvalue weighted by molar-refractivity contribution is -0.123. The smallest absolute Gasteiger partial charge is 0.287 e. The molecule has 0 radical (unpaired) electrons. The highest BCUT2D eigenvalue weighted by Gasteiger charge is 2.22. The third-order valence-electron chi connectivity index (χ3n) is 3.54. The summed E-state index contributed by atoms with van der Waals surface area (Å²) in [6, 6.07) is 4.54. The first-order valence-electron chi connectivity index (χ1n) is 7.52. The van der Waals surface area contributed by atoms with E-state index in [1.807, 2.05) is 0 Å². The molecule has 2 rings (SSSR count). The summed E-state index contributed by atoms with van der Waals surface area (Å²) in [7, 11) is 0. The molecule has 7 heteroatoms. The molecule has 1 aromatic carbocycles. The van der Waals surface area contributed by atoms with Crippen molar-refractivity contribution in [3.63, 3.8) is 0 Å². The molecule has 2 atom stereocenters. The Labute approximate surface area is 138 Å². The summed E-state index contributed by atoms with van der Waals surface area (Å²) in [5.41, 5.74) is 0.0652. The van der Waals surface area contributed by atoms with Crippen molar-refractivity contribution >= 4 is 11.8 Å². The minimum atomic E-state index is -0.867. The van der Waals surface area contributed by atoms with Crippen molar-refractivity contribution in [3.05, 3.63) is 59.6 Å². The maximum Gasteiger partial charge on any atom is 0.287 e. The molecule has 1 aromatic heterocycles. The van der Waals surface area contributed by atoms with E-state index >= 15 is 0 Å². The van der Waals surface area contributed by atoms with E-state index in [9.17, 15) is 18.4 Å². The molecule has 0 unspecified atom stereocenters. The van der Waals surface area contributed by atoms with Gasteiger partial charge in [0, 0.05) is 5.56 Å². The fourth-order valence-corrected chi connectivity index (χ4v) is 2.22. The van der Waals surface area contributed by atoms with E-state index in [0.717, 1.165) is 18.2 Å². The number of nitrogens with one attached hydrogen (secondary N) is 2. The van der Waals surface area contributed by atoms with E-state index in [1.165, 1.54) is 19.3 Å². The van der Waals surface area contributed by atoms with Gasteiger partial charge in [-0.05, 0) is 43.7 Å². The molecular formula is C17H18F2N2O3. The standard InChI is InChI=1S/C17H18F2N2O3/c1-3-14(12-9-11(18)6-7-13(12)19)21-16(22)10(2)20-17(23)15-5-4-8-24-15/h4-10,14H,3H2,1-2H3,(H,20,23)(H,21,22)/t10-,14-/m0/s1. The van der Waals surface area contributed by atoms with E-state index in [4.69, 9.17) is 4.42 Å². The maximum absolute atomic E-state index is 13.9. The van der Waals surface area contributed by atoms with Crippen LogP contribution < -0.4 is 10.6 Å². The Kier molecular flexibility index (Phi) is 5.68. The molecule has 0 saturated heterocycles. The lowest BCUT2D eigenvalue weighted by atomic mass is 10.0. The van der Waals surface area contributed by atoms with Gasteiger partial charge in [-0.1, -0.05) is 6.92 Å². The third kappa shape index (κ3) is 4.18. The molecule has 0 bridgehead atoms. The van der Waals surface area contributed by atoms with Gasteiger partial charge in [0.15, 0.2) is 5.76 Å².